The third-order valence-corrected chi connectivity index (χ3v) is 3.83. The zero-order valence-corrected chi connectivity index (χ0v) is 11.6. The molecule has 2 heterocycles. The van der Waals surface area contributed by atoms with Gasteiger partial charge in [-0.05, 0) is 39.4 Å². The van der Waals surface area contributed by atoms with Crippen LogP contribution in [0.2, 0.25) is 0 Å². The molecule has 2 rings (SSSR count). The lowest BCUT2D eigenvalue weighted by Gasteiger charge is -2.28. The van der Waals surface area contributed by atoms with Crippen LogP contribution in [-0.4, -0.2) is 43.1 Å². The molecule has 1 aromatic heterocycles. The Morgan fingerprint density at radius 2 is 2.39 bits per heavy atom. The van der Waals surface area contributed by atoms with Gasteiger partial charge < -0.3 is 15.5 Å². The smallest absolute Gasteiger partial charge is 0.133 e. The molecular formula is C14H24N4. The maximum Gasteiger partial charge on any atom is 0.133 e. The van der Waals surface area contributed by atoms with Gasteiger partial charge in [-0.15, -0.1) is 0 Å². The second-order valence-corrected chi connectivity index (χ2v) is 5.36. The first kappa shape index (κ1) is 13.3. The monoisotopic (exact) mass is 248 g/mol. The fourth-order valence-electron chi connectivity index (χ4n) is 2.70. The average molecular weight is 248 g/mol. The standard InChI is InChI=1S/C14H24N4/c1-11(15)13-7-4-8-16-14(13)18(3)10-12-6-5-9-17(12)2/h4,7-8,11-12H,5-6,9-10,15H2,1-3H3. The highest BCUT2D eigenvalue weighted by molar-refractivity contribution is 5.47. The Balaban J connectivity index is 2.10. The van der Waals surface area contributed by atoms with E-state index < -0.39 is 0 Å². The number of hydrogen-bond acceptors (Lipinski definition) is 4. The second-order valence-electron chi connectivity index (χ2n) is 5.36. The highest BCUT2D eigenvalue weighted by Crippen LogP contribution is 2.23. The minimum Gasteiger partial charge on any atom is -0.358 e. The minimum atomic E-state index is 0.0254. The van der Waals surface area contributed by atoms with Gasteiger partial charge in [0.05, 0.1) is 0 Å². The van der Waals surface area contributed by atoms with Gasteiger partial charge in [0.2, 0.25) is 0 Å². The van der Waals surface area contributed by atoms with Crippen molar-refractivity contribution in [2.75, 3.05) is 32.1 Å². The molecule has 100 valence electrons. The quantitative estimate of drug-likeness (QED) is 0.879. The van der Waals surface area contributed by atoms with Crippen LogP contribution in [0.3, 0.4) is 0 Å². The summed E-state index contributed by atoms with van der Waals surface area (Å²) in [5.41, 5.74) is 7.14. The molecule has 0 amide bonds. The van der Waals surface area contributed by atoms with Crippen molar-refractivity contribution in [3.63, 3.8) is 0 Å². The lowest BCUT2D eigenvalue weighted by atomic mass is 10.1. The van der Waals surface area contributed by atoms with Gasteiger partial charge in [-0.3, -0.25) is 0 Å². The molecule has 1 fully saturated rings. The molecule has 1 saturated heterocycles. The predicted molar refractivity (Wildman–Crippen MR) is 75.8 cm³/mol. The lowest BCUT2D eigenvalue weighted by molar-refractivity contribution is 0.314. The summed E-state index contributed by atoms with van der Waals surface area (Å²) in [6.45, 7) is 4.24. The fourth-order valence-corrected chi connectivity index (χ4v) is 2.70. The maximum atomic E-state index is 6.01. The molecule has 2 unspecified atom stereocenters. The Bertz CT molecular complexity index is 391. The van der Waals surface area contributed by atoms with Gasteiger partial charge in [0.25, 0.3) is 0 Å². The first-order valence-corrected chi connectivity index (χ1v) is 6.71. The van der Waals surface area contributed by atoms with Crippen LogP contribution in [0.4, 0.5) is 5.82 Å². The van der Waals surface area contributed by atoms with Crippen LogP contribution in [0.15, 0.2) is 18.3 Å². The number of nitrogens with zero attached hydrogens (tertiary/aromatic N) is 3. The summed E-state index contributed by atoms with van der Waals surface area (Å²) in [5.74, 6) is 1.02. The SMILES string of the molecule is CC(N)c1cccnc1N(C)CC1CCCN1C. The number of aromatic nitrogens is 1. The highest BCUT2D eigenvalue weighted by atomic mass is 15.2. The van der Waals surface area contributed by atoms with Gasteiger partial charge >= 0.3 is 0 Å². The Labute approximate surface area is 110 Å². The van der Waals surface area contributed by atoms with Crippen LogP contribution in [0.25, 0.3) is 0 Å². The molecule has 1 aromatic rings. The van der Waals surface area contributed by atoms with Gasteiger partial charge in [-0.25, -0.2) is 4.98 Å². The molecule has 1 aliphatic rings. The van der Waals surface area contributed by atoms with Crippen molar-refractivity contribution in [1.29, 1.82) is 0 Å². The van der Waals surface area contributed by atoms with E-state index in [-0.39, 0.29) is 6.04 Å². The van der Waals surface area contributed by atoms with E-state index >= 15 is 0 Å². The molecule has 2 atom stereocenters. The topological polar surface area (TPSA) is 45.4 Å². The van der Waals surface area contributed by atoms with E-state index in [1.807, 2.05) is 19.2 Å². The van der Waals surface area contributed by atoms with Crippen molar-refractivity contribution in [2.45, 2.75) is 31.8 Å². The van der Waals surface area contributed by atoms with Gasteiger partial charge in [0.1, 0.15) is 5.82 Å². The van der Waals surface area contributed by atoms with Gasteiger partial charge in [-0.1, -0.05) is 6.07 Å². The first-order valence-electron chi connectivity index (χ1n) is 6.71. The van der Waals surface area contributed by atoms with E-state index in [1.165, 1.54) is 19.4 Å². The summed E-state index contributed by atoms with van der Waals surface area (Å²) in [7, 11) is 4.32. The molecule has 1 aliphatic heterocycles. The van der Waals surface area contributed by atoms with E-state index in [2.05, 4.69) is 34.9 Å². The third-order valence-electron chi connectivity index (χ3n) is 3.83. The summed E-state index contributed by atoms with van der Waals surface area (Å²) < 4.78 is 0. The largest absolute Gasteiger partial charge is 0.358 e. The zero-order chi connectivity index (χ0) is 13.1. The van der Waals surface area contributed by atoms with Crippen molar-refractivity contribution >= 4 is 5.82 Å². The Kier molecular flexibility index (Phi) is 4.19. The number of anilines is 1. The molecular weight excluding hydrogens is 224 g/mol. The summed E-state index contributed by atoms with van der Waals surface area (Å²) in [5, 5.41) is 0. The van der Waals surface area contributed by atoms with Gasteiger partial charge in [0.15, 0.2) is 0 Å². The molecule has 4 nitrogen and oxygen atoms in total. The van der Waals surface area contributed by atoms with Crippen molar-refractivity contribution < 1.29 is 0 Å². The summed E-state index contributed by atoms with van der Waals surface area (Å²) in [4.78, 5) is 9.17. The van der Waals surface area contributed by atoms with Crippen LogP contribution in [0, 0.1) is 0 Å². The third kappa shape index (κ3) is 2.82. The molecule has 0 bridgehead atoms. The zero-order valence-electron chi connectivity index (χ0n) is 11.6. The highest BCUT2D eigenvalue weighted by Gasteiger charge is 2.23. The summed E-state index contributed by atoms with van der Waals surface area (Å²) in [6.07, 6.45) is 4.43. The van der Waals surface area contributed by atoms with Crippen LogP contribution in [-0.2, 0) is 0 Å². The van der Waals surface area contributed by atoms with E-state index in [9.17, 15) is 0 Å². The Morgan fingerprint density at radius 1 is 1.61 bits per heavy atom. The average Bonchev–Trinajstić information content (AvgIpc) is 2.75. The van der Waals surface area contributed by atoms with Crippen molar-refractivity contribution in [1.82, 2.24) is 9.88 Å². The number of likely N-dealkylation sites (N-methyl/N-ethyl adjacent to an activating group) is 2. The Morgan fingerprint density at radius 3 is 3.00 bits per heavy atom. The number of hydrogen-bond donors (Lipinski definition) is 1. The number of pyridine rings is 1. The van der Waals surface area contributed by atoms with Crippen LogP contribution in [0.5, 0.6) is 0 Å². The van der Waals surface area contributed by atoms with Gasteiger partial charge in [0, 0.05) is 37.4 Å². The van der Waals surface area contributed by atoms with Crippen molar-refractivity contribution in [2.24, 2.45) is 5.73 Å². The second kappa shape index (κ2) is 5.67. The molecule has 0 radical (unpaired) electrons. The predicted octanol–water partition coefficient (Wildman–Crippen LogP) is 1.63. The lowest BCUT2D eigenvalue weighted by Crippen LogP contribution is -2.37. The molecule has 0 spiro atoms. The molecule has 0 aromatic carbocycles. The summed E-state index contributed by atoms with van der Waals surface area (Å²) >= 11 is 0. The Hall–Kier alpha value is -1.13. The van der Waals surface area contributed by atoms with E-state index in [1.54, 1.807) is 0 Å². The van der Waals surface area contributed by atoms with E-state index in [0.29, 0.717) is 6.04 Å². The van der Waals surface area contributed by atoms with Crippen molar-refractivity contribution in [3.05, 3.63) is 23.9 Å². The molecule has 0 saturated carbocycles. The summed E-state index contributed by atoms with van der Waals surface area (Å²) in [6, 6.07) is 4.69. The number of likely N-dealkylation sites (tertiary alicyclic amines) is 1. The normalized spacial score (nSPS) is 22.1. The van der Waals surface area contributed by atoms with Crippen LogP contribution in [0.1, 0.15) is 31.4 Å². The molecule has 4 heteroatoms. The molecule has 18 heavy (non-hydrogen) atoms. The number of nitrogens with two attached hydrogens (primary N) is 1. The molecule has 0 aliphatic carbocycles. The molecule has 2 N–H and O–H groups in total. The van der Waals surface area contributed by atoms with Gasteiger partial charge in [-0.2, -0.15) is 0 Å². The van der Waals surface area contributed by atoms with Crippen LogP contribution < -0.4 is 10.6 Å². The van der Waals surface area contributed by atoms with E-state index in [4.69, 9.17) is 5.73 Å². The maximum absolute atomic E-state index is 6.01. The first-order chi connectivity index (χ1) is 8.59. The van der Waals surface area contributed by atoms with E-state index in [0.717, 1.165) is 17.9 Å². The minimum absolute atomic E-state index is 0.0254. The fraction of sp³-hybridized carbons (Fsp3) is 0.643. The number of rotatable bonds is 4. The van der Waals surface area contributed by atoms with Crippen LogP contribution >= 0.6 is 0 Å². The van der Waals surface area contributed by atoms with Crippen molar-refractivity contribution in [3.8, 4) is 0 Å².